The Bertz CT molecular complexity index is 1490. The molecule has 0 radical (unpaired) electrons. The highest BCUT2D eigenvalue weighted by Gasteiger charge is 2.20. The number of nitrogens with zero attached hydrogens (tertiary/aromatic N) is 1. The van der Waals surface area contributed by atoms with Gasteiger partial charge in [-0.15, -0.1) is 0 Å². The van der Waals surface area contributed by atoms with Crippen molar-refractivity contribution in [1.29, 1.82) is 0 Å². The van der Waals surface area contributed by atoms with Gasteiger partial charge in [0, 0.05) is 23.3 Å². The van der Waals surface area contributed by atoms with Crippen molar-refractivity contribution in [3.05, 3.63) is 76.7 Å². The van der Waals surface area contributed by atoms with E-state index in [9.17, 15) is 9.59 Å². The van der Waals surface area contributed by atoms with Crippen molar-refractivity contribution in [1.82, 2.24) is 4.57 Å². The second-order valence-electron chi connectivity index (χ2n) is 7.92. The molecule has 0 unspecified atom stereocenters. The van der Waals surface area contributed by atoms with Gasteiger partial charge in [0.25, 0.3) is 11.5 Å². The summed E-state index contributed by atoms with van der Waals surface area (Å²) in [5, 5.41) is 3.58. The summed E-state index contributed by atoms with van der Waals surface area (Å²) >= 11 is 0. The highest BCUT2D eigenvalue weighted by Crippen LogP contribution is 2.34. The smallest absolute Gasteiger partial charge is 0.263 e. The first-order valence-electron chi connectivity index (χ1n) is 11.5. The molecular formula is C28H28N2O7. The third kappa shape index (κ3) is 5.02. The molecule has 0 bridgehead atoms. The maximum Gasteiger partial charge on any atom is 0.263 e. The number of anilines is 1. The van der Waals surface area contributed by atoms with Gasteiger partial charge >= 0.3 is 0 Å². The third-order valence-corrected chi connectivity index (χ3v) is 5.85. The summed E-state index contributed by atoms with van der Waals surface area (Å²) in [7, 11) is 6.02. The summed E-state index contributed by atoms with van der Waals surface area (Å²) in [6, 6.07) is 15.3. The van der Waals surface area contributed by atoms with Gasteiger partial charge in [0.1, 0.15) is 17.2 Å². The Labute approximate surface area is 214 Å². The number of ether oxygens (including phenoxy) is 5. The van der Waals surface area contributed by atoms with Crippen molar-refractivity contribution >= 4 is 22.4 Å². The van der Waals surface area contributed by atoms with Crippen LogP contribution in [0.25, 0.3) is 16.5 Å². The van der Waals surface area contributed by atoms with E-state index in [0.29, 0.717) is 52.1 Å². The van der Waals surface area contributed by atoms with E-state index in [2.05, 4.69) is 5.32 Å². The fraction of sp³-hybridized carbons (Fsp3) is 0.214. The van der Waals surface area contributed by atoms with E-state index in [1.54, 1.807) is 54.6 Å². The Morgan fingerprint density at radius 3 is 2.00 bits per heavy atom. The first-order valence-corrected chi connectivity index (χ1v) is 11.5. The number of pyridine rings is 1. The van der Waals surface area contributed by atoms with Gasteiger partial charge in [0.2, 0.25) is 0 Å². The standard InChI is InChI=1S/C28H28N2O7/c1-6-37-18-9-7-17(8-10-18)30-16-22(20-14-25(35-4)26(36-5)15-21(20)28(30)32)27(31)29-23-13-19(33-2)11-12-24(23)34-3/h7-16H,6H2,1-5H3,(H,29,31). The van der Waals surface area contributed by atoms with Crippen LogP contribution in [-0.2, 0) is 0 Å². The number of benzene rings is 3. The Morgan fingerprint density at radius 1 is 0.784 bits per heavy atom. The van der Waals surface area contributed by atoms with Crippen molar-refractivity contribution in [2.24, 2.45) is 0 Å². The van der Waals surface area contributed by atoms with E-state index >= 15 is 0 Å². The van der Waals surface area contributed by atoms with Crippen LogP contribution in [0.2, 0.25) is 0 Å². The van der Waals surface area contributed by atoms with Gasteiger partial charge in [-0.2, -0.15) is 0 Å². The Hall–Kier alpha value is -4.66. The second-order valence-corrected chi connectivity index (χ2v) is 7.92. The van der Waals surface area contributed by atoms with E-state index in [1.807, 2.05) is 6.92 Å². The first-order chi connectivity index (χ1) is 17.9. The number of hydrogen-bond acceptors (Lipinski definition) is 7. The molecule has 0 fully saturated rings. The van der Waals surface area contributed by atoms with Gasteiger partial charge < -0.3 is 29.0 Å². The summed E-state index contributed by atoms with van der Waals surface area (Å²) in [5.74, 6) is 1.99. The number of rotatable bonds is 9. The Morgan fingerprint density at radius 2 is 1.41 bits per heavy atom. The number of hydrogen-bond donors (Lipinski definition) is 1. The van der Waals surface area contributed by atoms with Gasteiger partial charge in [-0.05, 0) is 55.5 Å². The molecule has 9 nitrogen and oxygen atoms in total. The molecule has 0 aliphatic rings. The lowest BCUT2D eigenvalue weighted by molar-refractivity contribution is 0.102. The van der Waals surface area contributed by atoms with Crippen LogP contribution >= 0.6 is 0 Å². The normalized spacial score (nSPS) is 10.6. The largest absolute Gasteiger partial charge is 0.497 e. The van der Waals surface area contributed by atoms with Gasteiger partial charge in [-0.3, -0.25) is 14.2 Å². The number of methoxy groups -OCH3 is 4. The maximum absolute atomic E-state index is 13.7. The third-order valence-electron chi connectivity index (χ3n) is 5.85. The van der Waals surface area contributed by atoms with E-state index in [-0.39, 0.29) is 16.5 Å². The van der Waals surface area contributed by atoms with E-state index in [1.165, 1.54) is 39.2 Å². The zero-order valence-electron chi connectivity index (χ0n) is 21.3. The lowest BCUT2D eigenvalue weighted by Crippen LogP contribution is -2.23. The van der Waals surface area contributed by atoms with Gasteiger partial charge in [0.15, 0.2) is 11.5 Å². The number of aromatic nitrogens is 1. The predicted molar refractivity (Wildman–Crippen MR) is 141 cm³/mol. The molecule has 9 heteroatoms. The number of amides is 1. The van der Waals surface area contributed by atoms with Crippen LogP contribution in [-0.4, -0.2) is 45.5 Å². The summed E-state index contributed by atoms with van der Waals surface area (Å²) in [5.41, 5.74) is 0.905. The maximum atomic E-state index is 13.7. The minimum Gasteiger partial charge on any atom is -0.497 e. The molecule has 0 spiro atoms. The van der Waals surface area contributed by atoms with Crippen LogP contribution in [0.1, 0.15) is 17.3 Å². The molecule has 1 N–H and O–H groups in total. The fourth-order valence-corrected chi connectivity index (χ4v) is 4.01. The molecule has 0 aliphatic carbocycles. The predicted octanol–water partition coefficient (Wildman–Crippen LogP) is 4.68. The van der Waals surface area contributed by atoms with Crippen molar-refractivity contribution < 1.29 is 28.5 Å². The molecule has 4 rings (SSSR count). The lowest BCUT2D eigenvalue weighted by Gasteiger charge is -2.16. The van der Waals surface area contributed by atoms with Crippen LogP contribution in [0.3, 0.4) is 0 Å². The summed E-state index contributed by atoms with van der Waals surface area (Å²) in [6.45, 7) is 2.42. The molecule has 4 aromatic rings. The average Bonchev–Trinajstić information content (AvgIpc) is 2.93. The van der Waals surface area contributed by atoms with Crippen LogP contribution < -0.4 is 34.6 Å². The molecule has 37 heavy (non-hydrogen) atoms. The Kier molecular flexibility index (Phi) is 7.52. The van der Waals surface area contributed by atoms with E-state index in [0.717, 1.165) is 0 Å². The highest BCUT2D eigenvalue weighted by atomic mass is 16.5. The van der Waals surface area contributed by atoms with Gasteiger partial charge in [-0.1, -0.05) is 0 Å². The SMILES string of the molecule is CCOc1ccc(-n2cc(C(=O)Nc3cc(OC)ccc3OC)c3cc(OC)c(OC)cc3c2=O)cc1. The molecule has 0 saturated heterocycles. The topological polar surface area (TPSA) is 97.2 Å². The molecule has 192 valence electrons. The van der Waals surface area contributed by atoms with Crippen LogP contribution in [0.5, 0.6) is 28.7 Å². The van der Waals surface area contributed by atoms with Crippen molar-refractivity contribution in [3.63, 3.8) is 0 Å². The van der Waals surface area contributed by atoms with Crippen LogP contribution in [0.4, 0.5) is 5.69 Å². The number of fused-ring (bicyclic) bond motifs is 1. The monoisotopic (exact) mass is 504 g/mol. The fourth-order valence-electron chi connectivity index (χ4n) is 4.01. The molecular weight excluding hydrogens is 476 g/mol. The molecule has 1 amide bonds. The Balaban J connectivity index is 1.92. The zero-order valence-corrected chi connectivity index (χ0v) is 21.3. The second kappa shape index (κ2) is 10.9. The summed E-state index contributed by atoms with van der Waals surface area (Å²) in [4.78, 5) is 27.3. The number of nitrogens with one attached hydrogen (secondary N) is 1. The number of carbonyl (C=O) groups is 1. The molecule has 0 aliphatic heterocycles. The molecule has 0 saturated carbocycles. The van der Waals surface area contributed by atoms with Crippen molar-refractivity contribution in [2.75, 3.05) is 40.4 Å². The van der Waals surface area contributed by atoms with E-state index in [4.69, 9.17) is 23.7 Å². The van der Waals surface area contributed by atoms with Crippen molar-refractivity contribution in [3.8, 4) is 34.4 Å². The highest BCUT2D eigenvalue weighted by molar-refractivity contribution is 6.13. The summed E-state index contributed by atoms with van der Waals surface area (Å²) in [6.07, 6.45) is 1.51. The summed E-state index contributed by atoms with van der Waals surface area (Å²) < 4.78 is 28.5. The van der Waals surface area contributed by atoms with Gasteiger partial charge in [0.05, 0.1) is 51.7 Å². The molecule has 3 aromatic carbocycles. The van der Waals surface area contributed by atoms with Gasteiger partial charge in [-0.25, -0.2) is 0 Å². The quantitative estimate of drug-likeness (QED) is 0.354. The van der Waals surface area contributed by atoms with Crippen molar-refractivity contribution in [2.45, 2.75) is 6.92 Å². The first kappa shape index (κ1) is 25.4. The lowest BCUT2D eigenvalue weighted by atomic mass is 10.0. The van der Waals surface area contributed by atoms with Crippen LogP contribution in [0, 0.1) is 0 Å². The number of carbonyl (C=O) groups excluding carboxylic acids is 1. The van der Waals surface area contributed by atoms with Crippen LogP contribution in [0.15, 0.2) is 65.6 Å². The minimum absolute atomic E-state index is 0.245. The minimum atomic E-state index is -0.455. The zero-order chi connectivity index (χ0) is 26.5. The molecule has 0 atom stereocenters. The average molecular weight is 505 g/mol. The molecule has 1 heterocycles. The molecule has 1 aromatic heterocycles. The van der Waals surface area contributed by atoms with E-state index < -0.39 is 5.91 Å².